The molecule has 12 heteroatoms. The number of nitrogen functional groups attached to an aromatic ring is 2. The molecule has 2 fully saturated rings. The standard InChI is InChI=1S/C27H35N9O3/c1-16(2)23-31-17-6-4-5-7-18(17)35(23)13-20(37)34-10-8-27(9-11-34)12-19(26(3,38)14-39-27)36-15-30-21-22(28)32-25(29)33-24(21)36/h4-7,15-16,19,38H,8-14H2,1-3H3,(H4,28,29,32,33)/t19-,26-/m0/s1. The molecule has 206 valence electrons. The molecule has 2 saturated heterocycles. The first-order valence-corrected chi connectivity index (χ1v) is 13.4. The SMILES string of the molecule is CC(C)c1nc2ccccc2n1CC(=O)N1CCC2(CC1)C[C@H](n1cnc3c(N)nc(N)nc31)[C@@](C)(O)CO2. The summed E-state index contributed by atoms with van der Waals surface area (Å²) in [4.78, 5) is 32.9. The molecule has 5 N–H and O–H groups in total. The van der Waals surface area contributed by atoms with E-state index in [-0.39, 0.29) is 42.8 Å². The van der Waals surface area contributed by atoms with Crippen molar-refractivity contribution in [3.8, 4) is 0 Å². The van der Waals surface area contributed by atoms with Crippen molar-refractivity contribution in [2.24, 2.45) is 0 Å². The molecule has 0 unspecified atom stereocenters. The second-order valence-corrected chi connectivity index (χ2v) is 11.4. The second-order valence-electron chi connectivity index (χ2n) is 11.4. The third kappa shape index (κ3) is 4.37. The number of benzene rings is 1. The van der Waals surface area contributed by atoms with Crippen molar-refractivity contribution >= 4 is 39.9 Å². The molecular weight excluding hydrogens is 498 g/mol. The van der Waals surface area contributed by atoms with Crippen LogP contribution in [0.4, 0.5) is 11.8 Å². The van der Waals surface area contributed by atoms with Crippen LogP contribution in [-0.2, 0) is 16.1 Å². The van der Waals surface area contributed by atoms with E-state index < -0.39 is 11.2 Å². The van der Waals surface area contributed by atoms with Crippen molar-refractivity contribution in [1.29, 1.82) is 0 Å². The van der Waals surface area contributed by atoms with E-state index in [1.165, 1.54) is 0 Å². The zero-order chi connectivity index (χ0) is 27.5. The van der Waals surface area contributed by atoms with Gasteiger partial charge in [0, 0.05) is 25.4 Å². The highest BCUT2D eigenvalue weighted by Crippen LogP contribution is 2.44. The summed E-state index contributed by atoms with van der Waals surface area (Å²) >= 11 is 0. The minimum Gasteiger partial charge on any atom is -0.386 e. The summed E-state index contributed by atoms with van der Waals surface area (Å²) in [6, 6.07) is 7.58. The van der Waals surface area contributed by atoms with E-state index in [1.54, 1.807) is 13.3 Å². The van der Waals surface area contributed by atoms with E-state index in [0.29, 0.717) is 43.5 Å². The summed E-state index contributed by atoms with van der Waals surface area (Å²) in [6.45, 7) is 7.50. The van der Waals surface area contributed by atoms with Gasteiger partial charge in [0.25, 0.3) is 0 Å². The maximum atomic E-state index is 13.5. The molecule has 1 spiro atoms. The summed E-state index contributed by atoms with van der Waals surface area (Å²) in [5.74, 6) is 1.44. The molecule has 2 aliphatic heterocycles. The predicted molar refractivity (Wildman–Crippen MR) is 147 cm³/mol. The summed E-state index contributed by atoms with van der Waals surface area (Å²) in [5, 5.41) is 11.3. The molecule has 1 aromatic carbocycles. The highest BCUT2D eigenvalue weighted by molar-refractivity contribution is 5.83. The minimum atomic E-state index is -1.16. The first-order chi connectivity index (χ1) is 18.6. The molecule has 5 heterocycles. The number of aliphatic hydroxyl groups is 1. The number of anilines is 2. The van der Waals surface area contributed by atoms with Crippen LogP contribution in [0.2, 0.25) is 0 Å². The second kappa shape index (κ2) is 9.16. The van der Waals surface area contributed by atoms with Crippen LogP contribution in [0.25, 0.3) is 22.2 Å². The first-order valence-electron chi connectivity index (χ1n) is 13.4. The zero-order valence-corrected chi connectivity index (χ0v) is 22.5. The molecule has 2 atom stereocenters. The van der Waals surface area contributed by atoms with Gasteiger partial charge < -0.3 is 35.3 Å². The number of fused-ring (bicyclic) bond motifs is 2. The van der Waals surface area contributed by atoms with Crippen molar-refractivity contribution in [2.45, 2.75) is 69.7 Å². The smallest absolute Gasteiger partial charge is 0.242 e. The fourth-order valence-electron chi connectivity index (χ4n) is 6.06. The van der Waals surface area contributed by atoms with E-state index >= 15 is 0 Å². The van der Waals surface area contributed by atoms with E-state index in [2.05, 4.69) is 28.8 Å². The number of ether oxygens (including phenoxy) is 1. The van der Waals surface area contributed by atoms with Crippen LogP contribution in [0.5, 0.6) is 0 Å². The monoisotopic (exact) mass is 533 g/mol. The highest BCUT2D eigenvalue weighted by Gasteiger charge is 2.50. The van der Waals surface area contributed by atoms with E-state index in [0.717, 1.165) is 16.9 Å². The van der Waals surface area contributed by atoms with Crippen LogP contribution in [0.15, 0.2) is 30.6 Å². The van der Waals surface area contributed by atoms with Gasteiger partial charge in [0.05, 0.1) is 35.6 Å². The number of nitrogens with two attached hydrogens (primary N) is 2. The zero-order valence-electron chi connectivity index (χ0n) is 22.5. The number of piperidine rings is 1. The molecule has 2 aliphatic rings. The number of amides is 1. The predicted octanol–water partition coefficient (Wildman–Crippen LogP) is 2.24. The number of imidazole rings is 2. The van der Waals surface area contributed by atoms with E-state index in [4.69, 9.17) is 21.2 Å². The molecule has 0 aliphatic carbocycles. The van der Waals surface area contributed by atoms with Crippen LogP contribution in [0.3, 0.4) is 0 Å². The summed E-state index contributed by atoms with van der Waals surface area (Å²) in [7, 11) is 0. The minimum absolute atomic E-state index is 0.0567. The van der Waals surface area contributed by atoms with Gasteiger partial charge in [0.2, 0.25) is 11.9 Å². The van der Waals surface area contributed by atoms with Crippen molar-refractivity contribution < 1.29 is 14.6 Å². The van der Waals surface area contributed by atoms with Crippen molar-refractivity contribution in [2.75, 3.05) is 31.2 Å². The number of hydrogen-bond donors (Lipinski definition) is 3. The third-order valence-electron chi connectivity index (χ3n) is 8.28. The van der Waals surface area contributed by atoms with Crippen molar-refractivity contribution in [3.05, 3.63) is 36.4 Å². The molecule has 39 heavy (non-hydrogen) atoms. The van der Waals surface area contributed by atoms with Gasteiger partial charge in [-0.3, -0.25) is 4.79 Å². The number of rotatable bonds is 4. The average Bonchev–Trinajstić information content (AvgIpc) is 3.48. The quantitative estimate of drug-likeness (QED) is 0.357. The Morgan fingerprint density at radius 1 is 1.18 bits per heavy atom. The molecule has 0 saturated carbocycles. The Balaban J connectivity index is 1.20. The summed E-state index contributed by atoms with van der Waals surface area (Å²) in [5.41, 5.74) is 13.1. The van der Waals surface area contributed by atoms with Gasteiger partial charge >= 0.3 is 0 Å². The van der Waals surface area contributed by atoms with Gasteiger partial charge in [-0.05, 0) is 31.9 Å². The Labute approximate surface area is 226 Å². The van der Waals surface area contributed by atoms with E-state index in [9.17, 15) is 9.90 Å². The van der Waals surface area contributed by atoms with Crippen LogP contribution in [-0.4, -0.2) is 75.9 Å². The normalized spacial score (nSPS) is 23.3. The Bertz CT molecular complexity index is 1550. The molecular formula is C27H35N9O3. The van der Waals surface area contributed by atoms with Gasteiger partial charge in [-0.15, -0.1) is 0 Å². The van der Waals surface area contributed by atoms with Crippen molar-refractivity contribution in [3.63, 3.8) is 0 Å². The maximum absolute atomic E-state index is 13.5. The fraction of sp³-hybridized carbons (Fsp3) is 0.519. The number of carbonyl (C=O) groups excluding carboxylic acids is 1. The Morgan fingerprint density at radius 2 is 1.92 bits per heavy atom. The lowest BCUT2D eigenvalue weighted by atomic mass is 9.77. The maximum Gasteiger partial charge on any atom is 0.242 e. The molecule has 3 aromatic heterocycles. The number of nitrogens with zero attached hydrogens (tertiary/aromatic N) is 7. The molecule has 0 radical (unpaired) electrons. The number of likely N-dealkylation sites (tertiary alicyclic amines) is 1. The fourth-order valence-corrected chi connectivity index (χ4v) is 6.06. The number of carbonyl (C=O) groups is 1. The van der Waals surface area contributed by atoms with Gasteiger partial charge in [-0.25, -0.2) is 9.97 Å². The average molecular weight is 534 g/mol. The van der Waals surface area contributed by atoms with Crippen LogP contribution in [0.1, 0.15) is 57.8 Å². The topological polar surface area (TPSA) is 163 Å². The molecule has 6 rings (SSSR count). The third-order valence-corrected chi connectivity index (χ3v) is 8.28. The Morgan fingerprint density at radius 3 is 2.67 bits per heavy atom. The summed E-state index contributed by atoms with van der Waals surface area (Å²) < 4.78 is 10.2. The van der Waals surface area contributed by atoms with Crippen LogP contribution < -0.4 is 11.5 Å². The number of hydrogen-bond acceptors (Lipinski definition) is 9. The van der Waals surface area contributed by atoms with E-state index in [1.807, 2.05) is 38.3 Å². The Kier molecular flexibility index (Phi) is 5.99. The van der Waals surface area contributed by atoms with Crippen LogP contribution >= 0.6 is 0 Å². The van der Waals surface area contributed by atoms with Gasteiger partial charge in [0.1, 0.15) is 23.5 Å². The number of aromatic nitrogens is 6. The lowest BCUT2D eigenvalue weighted by molar-refractivity contribution is -0.201. The van der Waals surface area contributed by atoms with Crippen LogP contribution in [0, 0.1) is 0 Å². The largest absolute Gasteiger partial charge is 0.386 e. The molecule has 12 nitrogen and oxygen atoms in total. The summed E-state index contributed by atoms with van der Waals surface area (Å²) in [6.07, 6.45) is 3.51. The van der Waals surface area contributed by atoms with Crippen molar-refractivity contribution in [1.82, 2.24) is 34.0 Å². The first kappa shape index (κ1) is 25.5. The molecule has 4 aromatic rings. The lowest BCUT2D eigenvalue weighted by Gasteiger charge is -2.51. The lowest BCUT2D eigenvalue weighted by Crippen LogP contribution is -2.57. The molecule has 0 bridgehead atoms. The molecule has 1 amide bonds. The van der Waals surface area contributed by atoms with Gasteiger partial charge in [-0.1, -0.05) is 26.0 Å². The van der Waals surface area contributed by atoms with Gasteiger partial charge in [0.15, 0.2) is 11.5 Å². The Hall–Kier alpha value is -3.77. The number of para-hydroxylation sites is 2. The van der Waals surface area contributed by atoms with Gasteiger partial charge in [-0.2, -0.15) is 9.97 Å². The highest BCUT2D eigenvalue weighted by atomic mass is 16.5.